The molecule has 2 saturated carbocycles. The van der Waals surface area contributed by atoms with Gasteiger partial charge in [0.25, 0.3) is 0 Å². The van der Waals surface area contributed by atoms with E-state index in [9.17, 15) is 4.79 Å². The normalized spacial score (nSPS) is 34.9. The van der Waals surface area contributed by atoms with Gasteiger partial charge in [0.05, 0.1) is 0 Å². The van der Waals surface area contributed by atoms with Crippen LogP contribution in [0.25, 0.3) is 0 Å². The summed E-state index contributed by atoms with van der Waals surface area (Å²) < 4.78 is 0. The number of hydrogen-bond acceptors (Lipinski definition) is 1. The molecule has 0 saturated heterocycles. The number of hydrogen-bond donors (Lipinski definition) is 0. The summed E-state index contributed by atoms with van der Waals surface area (Å²) in [5.74, 6) is 4.08. The molecule has 0 aromatic carbocycles. The summed E-state index contributed by atoms with van der Waals surface area (Å²) in [4.78, 5) is 10.4. The molecular formula is C19H34O. The zero-order chi connectivity index (χ0) is 14.2. The van der Waals surface area contributed by atoms with E-state index in [1.807, 2.05) is 0 Å². The lowest BCUT2D eigenvalue weighted by atomic mass is 9.68. The summed E-state index contributed by atoms with van der Waals surface area (Å²) in [7, 11) is 0. The molecular weight excluding hydrogens is 244 g/mol. The van der Waals surface area contributed by atoms with E-state index in [1.165, 1.54) is 70.6 Å². The van der Waals surface area contributed by atoms with Crippen LogP contribution in [-0.4, -0.2) is 6.29 Å². The van der Waals surface area contributed by atoms with Crippen LogP contribution in [0.4, 0.5) is 0 Å². The summed E-state index contributed by atoms with van der Waals surface area (Å²) in [6.45, 7) is 2.33. The van der Waals surface area contributed by atoms with Crippen LogP contribution in [0.5, 0.6) is 0 Å². The van der Waals surface area contributed by atoms with Crippen molar-refractivity contribution in [3.63, 3.8) is 0 Å². The average molecular weight is 278 g/mol. The van der Waals surface area contributed by atoms with Crippen molar-refractivity contribution in [3.8, 4) is 0 Å². The summed E-state index contributed by atoms with van der Waals surface area (Å²) >= 11 is 0. The molecule has 0 unspecified atom stereocenters. The second-order valence-corrected chi connectivity index (χ2v) is 7.45. The van der Waals surface area contributed by atoms with Gasteiger partial charge >= 0.3 is 0 Å². The molecule has 0 heterocycles. The van der Waals surface area contributed by atoms with Crippen molar-refractivity contribution < 1.29 is 4.79 Å². The van der Waals surface area contributed by atoms with Gasteiger partial charge in [-0.3, -0.25) is 0 Å². The molecule has 0 amide bonds. The van der Waals surface area contributed by atoms with Gasteiger partial charge in [-0.2, -0.15) is 0 Å². The minimum atomic E-state index is 0.779. The van der Waals surface area contributed by atoms with E-state index < -0.39 is 0 Å². The Morgan fingerprint density at radius 1 is 0.800 bits per heavy atom. The smallest absolute Gasteiger partial charge is 0.119 e. The fraction of sp³-hybridized carbons (Fsp3) is 0.947. The summed E-state index contributed by atoms with van der Waals surface area (Å²) in [6, 6.07) is 0. The summed E-state index contributed by atoms with van der Waals surface area (Å²) in [5.41, 5.74) is 0. The van der Waals surface area contributed by atoms with E-state index in [0.717, 1.165) is 42.8 Å². The molecule has 0 N–H and O–H groups in total. The topological polar surface area (TPSA) is 17.1 Å². The molecule has 2 fully saturated rings. The minimum Gasteiger partial charge on any atom is -0.303 e. The molecule has 116 valence electrons. The van der Waals surface area contributed by atoms with Crippen LogP contribution in [0.3, 0.4) is 0 Å². The van der Waals surface area contributed by atoms with Crippen molar-refractivity contribution in [2.45, 2.75) is 90.4 Å². The summed E-state index contributed by atoms with van der Waals surface area (Å²) in [5, 5.41) is 0. The van der Waals surface area contributed by atoms with Gasteiger partial charge in [-0.1, -0.05) is 51.9 Å². The van der Waals surface area contributed by atoms with Crippen LogP contribution in [0, 0.1) is 23.7 Å². The Balaban J connectivity index is 1.63. The molecule has 0 spiro atoms. The second-order valence-electron chi connectivity index (χ2n) is 7.45. The monoisotopic (exact) mass is 278 g/mol. The molecule has 0 bridgehead atoms. The van der Waals surface area contributed by atoms with E-state index in [0.29, 0.717) is 0 Å². The zero-order valence-electron chi connectivity index (χ0n) is 13.5. The number of unbranched alkanes of at least 4 members (excludes halogenated alkanes) is 1. The maximum Gasteiger partial charge on any atom is 0.119 e. The van der Waals surface area contributed by atoms with Gasteiger partial charge in [-0.05, 0) is 55.8 Å². The molecule has 2 aliphatic rings. The number of carbonyl (C=O) groups is 1. The van der Waals surface area contributed by atoms with Gasteiger partial charge < -0.3 is 4.79 Å². The van der Waals surface area contributed by atoms with Gasteiger partial charge in [0.1, 0.15) is 6.29 Å². The maximum atomic E-state index is 10.4. The quantitative estimate of drug-likeness (QED) is 0.427. The van der Waals surface area contributed by atoms with Crippen LogP contribution in [0.2, 0.25) is 0 Å². The number of rotatable bonds is 7. The molecule has 0 aromatic heterocycles. The minimum absolute atomic E-state index is 0.779. The fourth-order valence-electron chi connectivity index (χ4n) is 4.79. The largest absolute Gasteiger partial charge is 0.303 e. The Bertz CT molecular complexity index is 257. The Kier molecular flexibility index (Phi) is 7.10. The van der Waals surface area contributed by atoms with Gasteiger partial charge in [-0.25, -0.2) is 0 Å². The average Bonchev–Trinajstić information content (AvgIpc) is 2.49. The highest BCUT2D eigenvalue weighted by molar-refractivity contribution is 5.48. The lowest BCUT2D eigenvalue weighted by molar-refractivity contribution is -0.108. The zero-order valence-corrected chi connectivity index (χ0v) is 13.5. The van der Waals surface area contributed by atoms with Gasteiger partial charge in [0.15, 0.2) is 0 Å². The molecule has 0 aromatic rings. The Morgan fingerprint density at radius 3 is 1.75 bits per heavy atom. The van der Waals surface area contributed by atoms with E-state index in [2.05, 4.69) is 6.92 Å². The first-order valence-corrected chi connectivity index (χ1v) is 9.27. The molecule has 0 radical (unpaired) electrons. The van der Waals surface area contributed by atoms with Crippen LogP contribution < -0.4 is 0 Å². The van der Waals surface area contributed by atoms with Crippen molar-refractivity contribution in [3.05, 3.63) is 0 Å². The highest BCUT2D eigenvalue weighted by atomic mass is 16.1. The fourth-order valence-corrected chi connectivity index (χ4v) is 4.79. The predicted molar refractivity (Wildman–Crippen MR) is 85.7 cm³/mol. The standard InChI is InChI=1S/C19H34O/c1-2-5-16-7-11-18(12-8-16)19-13-9-17(10-14-19)6-3-4-15-20/h15-19H,2-14H2,1H3. The predicted octanol–water partition coefficient (Wildman–Crippen LogP) is 5.77. The molecule has 20 heavy (non-hydrogen) atoms. The lowest BCUT2D eigenvalue weighted by Gasteiger charge is -2.38. The molecule has 2 aliphatic carbocycles. The molecule has 0 aliphatic heterocycles. The molecule has 2 rings (SSSR count). The summed E-state index contributed by atoms with van der Waals surface area (Å²) in [6.07, 6.45) is 19.0. The van der Waals surface area contributed by atoms with Crippen molar-refractivity contribution >= 4 is 6.29 Å². The van der Waals surface area contributed by atoms with E-state index >= 15 is 0 Å². The van der Waals surface area contributed by atoms with Crippen molar-refractivity contribution in [1.29, 1.82) is 0 Å². The van der Waals surface area contributed by atoms with Crippen molar-refractivity contribution in [1.82, 2.24) is 0 Å². The third kappa shape index (κ3) is 4.90. The van der Waals surface area contributed by atoms with Gasteiger partial charge in [0.2, 0.25) is 0 Å². The van der Waals surface area contributed by atoms with Gasteiger partial charge in [0, 0.05) is 6.42 Å². The van der Waals surface area contributed by atoms with E-state index in [-0.39, 0.29) is 0 Å². The highest BCUT2D eigenvalue weighted by Gasteiger charge is 2.30. The first-order chi connectivity index (χ1) is 9.83. The maximum absolute atomic E-state index is 10.4. The first-order valence-electron chi connectivity index (χ1n) is 9.27. The lowest BCUT2D eigenvalue weighted by Crippen LogP contribution is -2.25. The Labute approximate surface area is 125 Å². The van der Waals surface area contributed by atoms with Crippen LogP contribution in [-0.2, 0) is 4.79 Å². The van der Waals surface area contributed by atoms with E-state index in [1.54, 1.807) is 0 Å². The number of carbonyl (C=O) groups excluding carboxylic acids is 1. The molecule has 0 atom stereocenters. The van der Waals surface area contributed by atoms with Crippen molar-refractivity contribution in [2.24, 2.45) is 23.7 Å². The third-order valence-corrected chi connectivity index (χ3v) is 6.08. The number of aldehydes is 1. The van der Waals surface area contributed by atoms with Crippen molar-refractivity contribution in [2.75, 3.05) is 0 Å². The molecule has 1 heteroatoms. The SMILES string of the molecule is CCCC1CCC(C2CCC(CCCC=O)CC2)CC1. The Morgan fingerprint density at radius 2 is 1.30 bits per heavy atom. The second kappa shape index (κ2) is 8.85. The van der Waals surface area contributed by atoms with Gasteiger partial charge in [-0.15, -0.1) is 0 Å². The highest BCUT2D eigenvalue weighted by Crippen LogP contribution is 2.42. The third-order valence-electron chi connectivity index (χ3n) is 6.08. The van der Waals surface area contributed by atoms with Crippen LogP contribution >= 0.6 is 0 Å². The molecule has 1 nitrogen and oxygen atoms in total. The first kappa shape index (κ1) is 16.0. The van der Waals surface area contributed by atoms with Crippen LogP contribution in [0.1, 0.15) is 90.4 Å². The van der Waals surface area contributed by atoms with E-state index in [4.69, 9.17) is 0 Å². The Hall–Kier alpha value is -0.330. The van der Waals surface area contributed by atoms with Crippen LogP contribution in [0.15, 0.2) is 0 Å².